The van der Waals surface area contributed by atoms with Gasteiger partial charge in [-0.2, -0.15) is 0 Å². The summed E-state index contributed by atoms with van der Waals surface area (Å²) in [5.41, 5.74) is 17.1. The van der Waals surface area contributed by atoms with Gasteiger partial charge in [0, 0.05) is 53.4 Å². The van der Waals surface area contributed by atoms with Crippen LogP contribution in [0.4, 0.5) is 17.1 Å². The number of hydrogen-bond donors (Lipinski definition) is 0. The molecule has 326 valence electrons. The normalized spacial score (nSPS) is 13.3. The Kier molecular flexibility index (Phi) is 10.1. The first-order valence-electron chi connectivity index (χ1n) is 24.3. The van der Waals surface area contributed by atoms with E-state index in [9.17, 15) is 0 Å². The van der Waals surface area contributed by atoms with Crippen molar-refractivity contribution in [2.75, 3.05) is 4.90 Å². The Balaban J connectivity index is 1.06. The molecule has 0 spiro atoms. The zero-order valence-electron chi connectivity index (χ0n) is 38.2. The molecule has 0 radical (unpaired) electrons. The van der Waals surface area contributed by atoms with Crippen molar-refractivity contribution < 1.29 is 0 Å². The largest absolute Gasteiger partial charge is 0.309 e. The van der Waals surface area contributed by atoms with Crippen LogP contribution in [0, 0.1) is 6.92 Å². The number of hydrogen-bond acceptors (Lipinski definition) is 2. The van der Waals surface area contributed by atoms with Gasteiger partial charge in [-0.3, -0.25) is 0 Å². The standard InChI is InChI=1S/C65H50N2S/c1-43-42-46(49-31-18-34-55-52-28-11-15-39-62(52)68-65(49)55)40-41-57(43)67(58-35-12-8-26-50(58)53-32-17-23-45-22-16-30-48(63(45)53)44-20-4-2-5-21-44)59-36-13-9-27-51(59)54-33-19-38-61-64(54)56-29-10-14-37-60(56)66(61)47-24-6-3-7-25-47/h3,6-19,22-42,44H,2,4-5,20-21H2,1H3. The fourth-order valence-corrected chi connectivity index (χ4v) is 12.9. The summed E-state index contributed by atoms with van der Waals surface area (Å²) in [6.07, 6.45) is 6.44. The van der Waals surface area contributed by atoms with Gasteiger partial charge in [0.15, 0.2) is 0 Å². The lowest BCUT2D eigenvalue weighted by molar-refractivity contribution is 0.445. The molecule has 0 atom stereocenters. The predicted molar refractivity (Wildman–Crippen MR) is 293 cm³/mol. The van der Waals surface area contributed by atoms with Gasteiger partial charge in [0.1, 0.15) is 0 Å². The number of benzene rings is 10. The van der Waals surface area contributed by atoms with E-state index in [1.54, 1.807) is 0 Å². The summed E-state index contributed by atoms with van der Waals surface area (Å²) in [6.45, 7) is 2.30. The van der Waals surface area contributed by atoms with Crippen LogP contribution in [0.1, 0.15) is 49.1 Å². The summed E-state index contributed by atoms with van der Waals surface area (Å²) in [7, 11) is 0. The highest BCUT2D eigenvalue weighted by atomic mass is 32.1. The summed E-state index contributed by atoms with van der Waals surface area (Å²) in [5.74, 6) is 0.566. The molecule has 0 N–H and O–H groups in total. The molecule has 3 heteroatoms. The summed E-state index contributed by atoms with van der Waals surface area (Å²) < 4.78 is 5.08. The highest BCUT2D eigenvalue weighted by Gasteiger charge is 2.26. The molecule has 68 heavy (non-hydrogen) atoms. The van der Waals surface area contributed by atoms with Gasteiger partial charge in [0.05, 0.1) is 22.4 Å². The van der Waals surface area contributed by atoms with E-state index in [-0.39, 0.29) is 0 Å². The van der Waals surface area contributed by atoms with Crippen LogP contribution in [0.5, 0.6) is 0 Å². The Morgan fingerprint density at radius 2 is 1.03 bits per heavy atom. The van der Waals surface area contributed by atoms with E-state index in [0.29, 0.717) is 5.92 Å². The van der Waals surface area contributed by atoms with Crippen molar-refractivity contribution in [1.29, 1.82) is 0 Å². The zero-order valence-corrected chi connectivity index (χ0v) is 39.0. The van der Waals surface area contributed by atoms with Crippen molar-refractivity contribution in [2.45, 2.75) is 44.9 Å². The molecule has 0 bridgehead atoms. The highest BCUT2D eigenvalue weighted by molar-refractivity contribution is 7.26. The molecule has 12 aromatic rings. The number of anilines is 3. The van der Waals surface area contributed by atoms with Crippen molar-refractivity contribution in [3.8, 4) is 39.1 Å². The summed E-state index contributed by atoms with van der Waals surface area (Å²) in [6, 6.07) is 81.5. The van der Waals surface area contributed by atoms with Gasteiger partial charge in [-0.15, -0.1) is 11.3 Å². The molecule has 2 heterocycles. The highest BCUT2D eigenvalue weighted by Crippen LogP contribution is 2.51. The van der Waals surface area contributed by atoms with Crippen LogP contribution in [0.3, 0.4) is 0 Å². The zero-order chi connectivity index (χ0) is 45.1. The van der Waals surface area contributed by atoms with Gasteiger partial charge >= 0.3 is 0 Å². The average Bonchev–Trinajstić information content (AvgIpc) is 3.96. The first-order valence-corrected chi connectivity index (χ1v) is 25.1. The first kappa shape index (κ1) is 40.5. The number of fused-ring (bicyclic) bond motifs is 7. The number of nitrogens with zero attached hydrogens (tertiary/aromatic N) is 2. The Labute approximate surface area is 402 Å². The van der Waals surface area contributed by atoms with E-state index >= 15 is 0 Å². The number of rotatable bonds is 8. The summed E-state index contributed by atoms with van der Waals surface area (Å²) in [5, 5.41) is 7.84. The average molecular weight is 891 g/mol. The third kappa shape index (κ3) is 6.67. The predicted octanol–water partition coefficient (Wildman–Crippen LogP) is 19.1. The minimum Gasteiger partial charge on any atom is -0.309 e. The lowest BCUT2D eigenvalue weighted by atomic mass is 9.80. The molecule has 0 aliphatic heterocycles. The van der Waals surface area contributed by atoms with Crippen LogP contribution in [-0.4, -0.2) is 4.57 Å². The fraction of sp³-hybridized carbons (Fsp3) is 0.108. The monoisotopic (exact) mass is 890 g/mol. The second-order valence-corrected chi connectivity index (χ2v) is 19.7. The molecule has 2 aromatic heterocycles. The molecule has 1 aliphatic rings. The van der Waals surface area contributed by atoms with Gasteiger partial charge in [-0.1, -0.05) is 183 Å². The van der Waals surface area contributed by atoms with Crippen LogP contribution < -0.4 is 4.90 Å². The van der Waals surface area contributed by atoms with E-state index in [4.69, 9.17) is 0 Å². The topological polar surface area (TPSA) is 8.17 Å². The molecule has 0 amide bonds. The molecule has 1 saturated carbocycles. The van der Waals surface area contributed by atoms with E-state index in [1.165, 1.54) is 129 Å². The minimum absolute atomic E-state index is 0.566. The maximum absolute atomic E-state index is 2.57. The van der Waals surface area contributed by atoms with Crippen LogP contribution in [-0.2, 0) is 0 Å². The van der Waals surface area contributed by atoms with E-state index in [1.807, 2.05) is 11.3 Å². The van der Waals surface area contributed by atoms with Crippen molar-refractivity contribution in [2.24, 2.45) is 0 Å². The van der Waals surface area contributed by atoms with Gasteiger partial charge in [0.2, 0.25) is 0 Å². The summed E-state index contributed by atoms with van der Waals surface area (Å²) in [4.78, 5) is 2.57. The molecule has 10 aromatic carbocycles. The third-order valence-corrected chi connectivity index (χ3v) is 15.9. The molecule has 1 aliphatic carbocycles. The lowest BCUT2D eigenvalue weighted by Gasteiger charge is -2.32. The van der Waals surface area contributed by atoms with Gasteiger partial charge in [-0.25, -0.2) is 0 Å². The maximum atomic E-state index is 2.57. The molecular formula is C65H50N2S. The SMILES string of the molecule is Cc1cc(-c2cccc3c2sc2ccccc23)ccc1N(c1ccccc1-c1cccc2cccc(C3CCCCC3)c12)c1ccccc1-c1cccc2c1c1ccccc1n2-c1ccccc1. The van der Waals surface area contributed by atoms with Crippen molar-refractivity contribution in [3.63, 3.8) is 0 Å². The molecular weight excluding hydrogens is 841 g/mol. The van der Waals surface area contributed by atoms with Crippen molar-refractivity contribution in [3.05, 3.63) is 230 Å². The molecule has 13 rings (SSSR count). The molecule has 0 unspecified atom stereocenters. The van der Waals surface area contributed by atoms with Gasteiger partial charge < -0.3 is 9.47 Å². The van der Waals surface area contributed by atoms with E-state index < -0.39 is 0 Å². The Morgan fingerprint density at radius 1 is 0.441 bits per heavy atom. The molecule has 0 saturated heterocycles. The van der Waals surface area contributed by atoms with Gasteiger partial charge in [0.25, 0.3) is 0 Å². The smallest absolute Gasteiger partial charge is 0.0547 e. The quantitative estimate of drug-likeness (QED) is 0.148. The molecule has 2 nitrogen and oxygen atoms in total. The van der Waals surface area contributed by atoms with Crippen molar-refractivity contribution in [1.82, 2.24) is 4.57 Å². The lowest BCUT2D eigenvalue weighted by Crippen LogP contribution is -2.14. The van der Waals surface area contributed by atoms with E-state index in [0.717, 1.165) is 22.7 Å². The first-order chi connectivity index (χ1) is 33.7. The Hall–Kier alpha value is -7.72. The van der Waals surface area contributed by atoms with E-state index in [2.05, 4.69) is 235 Å². The van der Waals surface area contributed by atoms with Crippen LogP contribution in [0.2, 0.25) is 0 Å². The van der Waals surface area contributed by atoms with Crippen LogP contribution >= 0.6 is 11.3 Å². The molecule has 1 fully saturated rings. The Bertz CT molecular complexity index is 3860. The minimum atomic E-state index is 0.566. The second-order valence-electron chi connectivity index (χ2n) is 18.6. The Morgan fingerprint density at radius 3 is 1.81 bits per heavy atom. The second kappa shape index (κ2) is 16.9. The van der Waals surface area contributed by atoms with Gasteiger partial charge in [-0.05, 0) is 124 Å². The summed E-state index contributed by atoms with van der Waals surface area (Å²) >= 11 is 1.89. The van der Waals surface area contributed by atoms with Crippen molar-refractivity contribution >= 4 is 81.1 Å². The number of aryl methyl sites for hydroxylation is 1. The fourth-order valence-electron chi connectivity index (χ4n) is 11.7. The van der Waals surface area contributed by atoms with Crippen LogP contribution in [0.25, 0.3) is 91.8 Å². The number of thiophene rings is 1. The van der Waals surface area contributed by atoms with Crippen LogP contribution in [0.15, 0.2) is 218 Å². The maximum Gasteiger partial charge on any atom is 0.0547 e. The third-order valence-electron chi connectivity index (χ3n) is 14.7. The number of para-hydroxylation sites is 4. The number of aromatic nitrogens is 1.